The van der Waals surface area contributed by atoms with Crippen LogP contribution >= 0.6 is 31.9 Å². The quantitative estimate of drug-likeness (QED) is 0.782. The number of benzene rings is 1. The SMILES string of the molecule is CCC1OCc2cc(Br)cc(Br)c2O1. The summed E-state index contributed by atoms with van der Waals surface area (Å²) in [5.74, 6) is 0.909. The van der Waals surface area contributed by atoms with Crippen LogP contribution in [-0.2, 0) is 11.3 Å². The van der Waals surface area contributed by atoms with Crippen LogP contribution in [0.3, 0.4) is 0 Å². The lowest BCUT2D eigenvalue weighted by atomic mass is 10.2. The highest BCUT2D eigenvalue weighted by Crippen LogP contribution is 2.37. The van der Waals surface area contributed by atoms with E-state index in [0.717, 1.165) is 26.7 Å². The molecule has 0 saturated carbocycles. The molecule has 0 radical (unpaired) electrons. The van der Waals surface area contributed by atoms with E-state index in [9.17, 15) is 0 Å². The molecule has 1 aromatic carbocycles. The van der Waals surface area contributed by atoms with Gasteiger partial charge in [-0.2, -0.15) is 0 Å². The highest BCUT2D eigenvalue weighted by atomic mass is 79.9. The van der Waals surface area contributed by atoms with Gasteiger partial charge in [0, 0.05) is 16.5 Å². The second kappa shape index (κ2) is 4.21. The van der Waals surface area contributed by atoms with Crippen LogP contribution in [0.5, 0.6) is 5.75 Å². The van der Waals surface area contributed by atoms with Crippen LogP contribution in [0.4, 0.5) is 0 Å². The number of hydrogen-bond donors (Lipinski definition) is 0. The van der Waals surface area contributed by atoms with Crippen molar-refractivity contribution in [3.05, 3.63) is 26.6 Å². The molecule has 1 aliphatic rings. The number of fused-ring (bicyclic) bond motifs is 1. The number of halogens is 2. The molecule has 1 unspecified atom stereocenters. The van der Waals surface area contributed by atoms with Crippen molar-refractivity contribution in [3.63, 3.8) is 0 Å². The van der Waals surface area contributed by atoms with Gasteiger partial charge in [0.25, 0.3) is 0 Å². The first kappa shape index (κ1) is 10.5. The molecule has 0 saturated heterocycles. The van der Waals surface area contributed by atoms with Crippen LogP contribution in [0, 0.1) is 0 Å². The zero-order valence-corrected chi connectivity index (χ0v) is 10.9. The molecule has 0 fully saturated rings. The normalized spacial score (nSPS) is 20.1. The van der Waals surface area contributed by atoms with Crippen LogP contribution in [0.2, 0.25) is 0 Å². The van der Waals surface area contributed by atoms with Crippen LogP contribution in [0.1, 0.15) is 18.9 Å². The summed E-state index contributed by atoms with van der Waals surface area (Å²) in [5.41, 5.74) is 1.08. The molecule has 0 bridgehead atoms. The number of rotatable bonds is 1. The fourth-order valence-corrected chi connectivity index (χ4v) is 2.81. The summed E-state index contributed by atoms with van der Waals surface area (Å²) in [6, 6.07) is 4.00. The van der Waals surface area contributed by atoms with Crippen molar-refractivity contribution in [1.82, 2.24) is 0 Å². The molecule has 14 heavy (non-hydrogen) atoms. The minimum atomic E-state index is -0.111. The van der Waals surface area contributed by atoms with Crippen LogP contribution in [0.25, 0.3) is 0 Å². The molecule has 4 heteroatoms. The van der Waals surface area contributed by atoms with Gasteiger partial charge in [-0.25, -0.2) is 0 Å². The van der Waals surface area contributed by atoms with Gasteiger partial charge in [0.05, 0.1) is 11.1 Å². The van der Waals surface area contributed by atoms with Crippen LogP contribution < -0.4 is 4.74 Å². The van der Waals surface area contributed by atoms with E-state index in [1.54, 1.807) is 0 Å². The highest BCUT2D eigenvalue weighted by Gasteiger charge is 2.21. The highest BCUT2D eigenvalue weighted by molar-refractivity contribution is 9.11. The topological polar surface area (TPSA) is 18.5 Å². The molecule has 1 heterocycles. The van der Waals surface area contributed by atoms with Crippen LogP contribution in [-0.4, -0.2) is 6.29 Å². The summed E-state index contributed by atoms with van der Waals surface area (Å²) in [4.78, 5) is 0. The Morgan fingerprint density at radius 1 is 1.43 bits per heavy atom. The van der Waals surface area contributed by atoms with Crippen molar-refractivity contribution in [1.29, 1.82) is 0 Å². The Kier molecular flexibility index (Phi) is 3.14. The van der Waals surface area contributed by atoms with Gasteiger partial charge in [0.1, 0.15) is 5.75 Å². The third-order valence-corrected chi connectivity index (χ3v) is 3.14. The first-order chi connectivity index (χ1) is 6.70. The summed E-state index contributed by atoms with van der Waals surface area (Å²) < 4.78 is 13.2. The monoisotopic (exact) mass is 320 g/mol. The van der Waals surface area contributed by atoms with Crippen molar-refractivity contribution in [3.8, 4) is 5.75 Å². The van der Waals surface area contributed by atoms with Gasteiger partial charge in [-0.1, -0.05) is 22.9 Å². The van der Waals surface area contributed by atoms with Gasteiger partial charge in [0.2, 0.25) is 0 Å². The Morgan fingerprint density at radius 2 is 2.21 bits per heavy atom. The Bertz CT molecular complexity index is 352. The standard InChI is InChI=1S/C10H10Br2O2/c1-2-9-13-5-6-3-7(11)4-8(12)10(6)14-9/h3-4,9H,2,5H2,1H3. The summed E-state index contributed by atoms with van der Waals surface area (Å²) in [6.07, 6.45) is 0.752. The van der Waals surface area contributed by atoms with E-state index >= 15 is 0 Å². The van der Waals surface area contributed by atoms with Crippen molar-refractivity contribution in [2.75, 3.05) is 0 Å². The first-order valence-corrected chi connectivity index (χ1v) is 6.05. The maximum atomic E-state index is 5.68. The molecule has 0 aliphatic carbocycles. The molecule has 0 aromatic heterocycles. The second-order valence-corrected chi connectivity index (χ2v) is 4.91. The van der Waals surface area contributed by atoms with Gasteiger partial charge in [-0.3, -0.25) is 0 Å². The van der Waals surface area contributed by atoms with Crippen molar-refractivity contribution in [2.45, 2.75) is 26.2 Å². The van der Waals surface area contributed by atoms with E-state index in [4.69, 9.17) is 9.47 Å². The molecule has 0 spiro atoms. The Balaban J connectivity index is 2.37. The summed E-state index contributed by atoms with van der Waals surface area (Å²) >= 11 is 6.91. The van der Waals surface area contributed by atoms with E-state index in [1.165, 1.54) is 0 Å². The Labute approximate surface area is 99.8 Å². The summed E-state index contributed by atoms with van der Waals surface area (Å²) in [7, 11) is 0. The minimum Gasteiger partial charge on any atom is -0.463 e. The zero-order valence-electron chi connectivity index (χ0n) is 7.72. The molecular weight excluding hydrogens is 312 g/mol. The van der Waals surface area contributed by atoms with Crippen molar-refractivity contribution >= 4 is 31.9 Å². The maximum Gasteiger partial charge on any atom is 0.199 e. The lowest BCUT2D eigenvalue weighted by molar-refractivity contribution is -0.109. The van der Waals surface area contributed by atoms with E-state index in [1.807, 2.05) is 19.1 Å². The molecule has 2 rings (SSSR count). The second-order valence-electron chi connectivity index (χ2n) is 3.14. The molecular formula is C10H10Br2O2. The van der Waals surface area contributed by atoms with E-state index in [-0.39, 0.29) is 6.29 Å². The molecule has 76 valence electrons. The lowest BCUT2D eigenvalue weighted by Crippen LogP contribution is -2.24. The van der Waals surface area contributed by atoms with Crippen LogP contribution in [0.15, 0.2) is 21.1 Å². The molecule has 2 nitrogen and oxygen atoms in total. The Hall–Kier alpha value is -0.0600. The average Bonchev–Trinajstić information content (AvgIpc) is 2.17. The predicted octanol–water partition coefficient (Wildman–Crippen LogP) is 3.86. The fraction of sp³-hybridized carbons (Fsp3) is 0.400. The number of ether oxygens (including phenoxy) is 2. The third-order valence-electron chi connectivity index (χ3n) is 2.09. The minimum absolute atomic E-state index is 0.111. The van der Waals surface area contributed by atoms with Gasteiger partial charge < -0.3 is 9.47 Å². The molecule has 1 aliphatic heterocycles. The summed E-state index contributed by atoms with van der Waals surface area (Å²) in [5, 5.41) is 0. The van der Waals surface area contributed by atoms with E-state index in [0.29, 0.717) is 6.61 Å². The van der Waals surface area contributed by atoms with E-state index < -0.39 is 0 Å². The van der Waals surface area contributed by atoms with E-state index in [2.05, 4.69) is 31.9 Å². The molecule has 0 N–H and O–H groups in total. The Morgan fingerprint density at radius 3 is 2.93 bits per heavy atom. The maximum absolute atomic E-state index is 5.68. The number of hydrogen-bond acceptors (Lipinski definition) is 2. The molecule has 1 aromatic rings. The zero-order chi connectivity index (χ0) is 10.1. The third kappa shape index (κ3) is 1.97. The largest absolute Gasteiger partial charge is 0.463 e. The smallest absolute Gasteiger partial charge is 0.199 e. The molecule has 0 amide bonds. The van der Waals surface area contributed by atoms with Gasteiger partial charge in [-0.05, 0) is 28.1 Å². The van der Waals surface area contributed by atoms with Crippen molar-refractivity contribution < 1.29 is 9.47 Å². The average molecular weight is 322 g/mol. The van der Waals surface area contributed by atoms with Gasteiger partial charge in [0.15, 0.2) is 6.29 Å². The first-order valence-electron chi connectivity index (χ1n) is 4.47. The van der Waals surface area contributed by atoms with Gasteiger partial charge in [-0.15, -0.1) is 0 Å². The summed E-state index contributed by atoms with van der Waals surface area (Å²) in [6.45, 7) is 2.66. The fourth-order valence-electron chi connectivity index (χ4n) is 1.40. The lowest BCUT2D eigenvalue weighted by Gasteiger charge is -2.26. The molecule has 1 atom stereocenters. The van der Waals surface area contributed by atoms with Gasteiger partial charge >= 0.3 is 0 Å². The van der Waals surface area contributed by atoms with Crippen molar-refractivity contribution in [2.24, 2.45) is 0 Å². The predicted molar refractivity (Wildman–Crippen MR) is 61.3 cm³/mol.